The summed E-state index contributed by atoms with van der Waals surface area (Å²) >= 11 is 6.10. The molecule has 0 aromatic heterocycles. The van der Waals surface area contributed by atoms with Gasteiger partial charge in [-0.05, 0) is 37.3 Å². The van der Waals surface area contributed by atoms with Crippen LogP contribution in [0.3, 0.4) is 0 Å². The molecule has 0 amide bonds. The van der Waals surface area contributed by atoms with Crippen LogP contribution >= 0.6 is 22.3 Å². The molecule has 100 valence electrons. The number of rotatable bonds is 5. The minimum absolute atomic E-state index is 0.268. The molecule has 1 aromatic rings. The molecular formula is C12H14Cl2O3S. The van der Waals surface area contributed by atoms with Crippen LogP contribution in [0.4, 0.5) is 0 Å². The first kappa shape index (κ1) is 14.0. The fraction of sp³-hybridized carbons (Fsp3) is 0.500. The molecule has 1 aliphatic rings. The smallest absolute Gasteiger partial charge is 0.236 e. The summed E-state index contributed by atoms with van der Waals surface area (Å²) in [5.41, 5.74) is 1.41. The number of benzene rings is 1. The summed E-state index contributed by atoms with van der Waals surface area (Å²) in [6, 6.07) is 3.50. The van der Waals surface area contributed by atoms with Crippen molar-refractivity contribution in [2.75, 3.05) is 6.61 Å². The van der Waals surface area contributed by atoms with Gasteiger partial charge in [0.25, 0.3) is 0 Å². The van der Waals surface area contributed by atoms with Crippen LogP contribution in [0, 0.1) is 12.8 Å². The maximum Gasteiger partial charge on any atom is 0.236 e. The van der Waals surface area contributed by atoms with Crippen LogP contribution in [0.15, 0.2) is 12.1 Å². The average molecular weight is 309 g/mol. The molecule has 0 spiro atoms. The molecule has 0 saturated heterocycles. The predicted octanol–water partition coefficient (Wildman–Crippen LogP) is 3.51. The molecule has 18 heavy (non-hydrogen) atoms. The molecular weight excluding hydrogens is 295 g/mol. The van der Waals surface area contributed by atoms with E-state index in [0.29, 0.717) is 28.9 Å². The van der Waals surface area contributed by atoms with Crippen molar-refractivity contribution in [2.45, 2.75) is 25.5 Å². The van der Waals surface area contributed by atoms with Gasteiger partial charge < -0.3 is 4.74 Å². The van der Waals surface area contributed by atoms with Crippen molar-refractivity contribution in [1.29, 1.82) is 0 Å². The molecule has 1 fully saturated rings. The SMILES string of the molecule is Cc1cc(Cl)c(OCC2CC2)c(CS(=O)(=O)Cl)c1. The fourth-order valence-electron chi connectivity index (χ4n) is 1.74. The van der Waals surface area contributed by atoms with Crippen molar-refractivity contribution >= 4 is 31.3 Å². The summed E-state index contributed by atoms with van der Waals surface area (Å²) in [6.07, 6.45) is 2.32. The second kappa shape index (κ2) is 5.27. The zero-order valence-electron chi connectivity index (χ0n) is 9.95. The van der Waals surface area contributed by atoms with E-state index in [1.807, 2.05) is 6.92 Å². The summed E-state index contributed by atoms with van der Waals surface area (Å²) < 4.78 is 28.0. The van der Waals surface area contributed by atoms with Crippen molar-refractivity contribution in [3.63, 3.8) is 0 Å². The zero-order valence-corrected chi connectivity index (χ0v) is 12.3. The van der Waals surface area contributed by atoms with Crippen LogP contribution < -0.4 is 4.74 Å². The Morgan fingerprint density at radius 2 is 2.06 bits per heavy atom. The Kier molecular flexibility index (Phi) is 4.09. The van der Waals surface area contributed by atoms with E-state index >= 15 is 0 Å². The number of ether oxygens (including phenoxy) is 1. The van der Waals surface area contributed by atoms with E-state index in [1.54, 1.807) is 12.1 Å². The Balaban J connectivity index is 2.27. The minimum atomic E-state index is -3.62. The van der Waals surface area contributed by atoms with E-state index in [-0.39, 0.29) is 5.75 Å². The molecule has 1 aliphatic carbocycles. The van der Waals surface area contributed by atoms with Gasteiger partial charge >= 0.3 is 0 Å². The van der Waals surface area contributed by atoms with Crippen molar-refractivity contribution in [3.8, 4) is 5.75 Å². The van der Waals surface area contributed by atoms with Crippen LogP contribution in [0.1, 0.15) is 24.0 Å². The molecule has 0 heterocycles. The topological polar surface area (TPSA) is 43.4 Å². The van der Waals surface area contributed by atoms with Gasteiger partial charge in [-0.25, -0.2) is 8.42 Å². The molecule has 1 saturated carbocycles. The lowest BCUT2D eigenvalue weighted by Gasteiger charge is -2.13. The van der Waals surface area contributed by atoms with Gasteiger partial charge in [-0.3, -0.25) is 0 Å². The molecule has 0 atom stereocenters. The first-order chi connectivity index (χ1) is 8.35. The maximum absolute atomic E-state index is 11.2. The maximum atomic E-state index is 11.2. The van der Waals surface area contributed by atoms with Gasteiger partial charge in [0.1, 0.15) is 5.75 Å². The van der Waals surface area contributed by atoms with E-state index in [0.717, 1.165) is 18.4 Å². The van der Waals surface area contributed by atoms with E-state index in [2.05, 4.69) is 0 Å². The summed E-state index contributed by atoms with van der Waals surface area (Å²) in [7, 11) is 1.67. The Labute approximate surface area is 116 Å². The normalized spacial score (nSPS) is 15.7. The van der Waals surface area contributed by atoms with Gasteiger partial charge in [0.15, 0.2) is 0 Å². The number of hydrogen-bond donors (Lipinski definition) is 0. The minimum Gasteiger partial charge on any atom is -0.491 e. The van der Waals surface area contributed by atoms with E-state index in [9.17, 15) is 8.42 Å². The highest BCUT2D eigenvalue weighted by molar-refractivity contribution is 8.13. The molecule has 0 radical (unpaired) electrons. The van der Waals surface area contributed by atoms with Gasteiger partial charge in [0.05, 0.1) is 17.4 Å². The molecule has 0 aliphatic heterocycles. The van der Waals surface area contributed by atoms with Crippen molar-refractivity contribution < 1.29 is 13.2 Å². The Bertz CT molecular complexity index is 551. The summed E-state index contributed by atoms with van der Waals surface area (Å²) in [5.74, 6) is 0.747. The highest BCUT2D eigenvalue weighted by Gasteiger charge is 2.24. The Morgan fingerprint density at radius 1 is 1.39 bits per heavy atom. The van der Waals surface area contributed by atoms with Gasteiger partial charge in [-0.15, -0.1) is 0 Å². The highest BCUT2D eigenvalue weighted by atomic mass is 35.7. The van der Waals surface area contributed by atoms with Crippen LogP contribution in [0.25, 0.3) is 0 Å². The third-order valence-electron chi connectivity index (χ3n) is 2.75. The standard InChI is InChI=1S/C12H14Cl2O3S/c1-8-4-10(7-18(14,15)16)12(11(13)5-8)17-6-9-2-3-9/h4-5,9H,2-3,6-7H2,1H3. The predicted molar refractivity (Wildman–Crippen MR) is 72.9 cm³/mol. The van der Waals surface area contributed by atoms with Gasteiger partial charge in [-0.1, -0.05) is 17.7 Å². The molecule has 0 bridgehead atoms. The van der Waals surface area contributed by atoms with Crippen molar-refractivity contribution in [3.05, 3.63) is 28.3 Å². The fourth-order valence-corrected chi connectivity index (χ4v) is 3.03. The van der Waals surface area contributed by atoms with Crippen LogP contribution in [-0.4, -0.2) is 15.0 Å². The lowest BCUT2D eigenvalue weighted by Crippen LogP contribution is -2.05. The molecule has 0 unspecified atom stereocenters. The zero-order chi connectivity index (χ0) is 13.3. The molecule has 1 aromatic carbocycles. The second-order valence-corrected chi connectivity index (χ2v) is 7.86. The molecule has 0 N–H and O–H groups in total. The number of halogens is 2. The average Bonchev–Trinajstić information content (AvgIpc) is 2.97. The summed E-state index contributed by atoms with van der Waals surface area (Å²) in [6.45, 7) is 2.43. The first-order valence-corrected chi connectivity index (χ1v) is 8.55. The van der Waals surface area contributed by atoms with Crippen molar-refractivity contribution in [2.24, 2.45) is 5.92 Å². The molecule has 6 heteroatoms. The summed E-state index contributed by atoms with van der Waals surface area (Å²) in [4.78, 5) is 0. The number of hydrogen-bond acceptors (Lipinski definition) is 3. The monoisotopic (exact) mass is 308 g/mol. The van der Waals surface area contributed by atoms with Gasteiger partial charge in [0, 0.05) is 16.2 Å². The lowest BCUT2D eigenvalue weighted by atomic mass is 10.1. The van der Waals surface area contributed by atoms with E-state index < -0.39 is 9.05 Å². The van der Waals surface area contributed by atoms with Crippen LogP contribution in [0.5, 0.6) is 5.75 Å². The van der Waals surface area contributed by atoms with Gasteiger partial charge in [-0.2, -0.15) is 0 Å². The Morgan fingerprint density at radius 3 is 2.61 bits per heavy atom. The Hall–Kier alpha value is -0.450. The first-order valence-electron chi connectivity index (χ1n) is 5.69. The van der Waals surface area contributed by atoms with Crippen LogP contribution in [-0.2, 0) is 14.8 Å². The van der Waals surface area contributed by atoms with E-state index in [1.165, 1.54) is 0 Å². The largest absolute Gasteiger partial charge is 0.491 e. The number of aryl methyl sites for hydroxylation is 1. The van der Waals surface area contributed by atoms with Crippen LogP contribution in [0.2, 0.25) is 5.02 Å². The third kappa shape index (κ3) is 4.04. The quantitative estimate of drug-likeness (QED) is 0.782. The molecule has 3 nitrogen and oxygen atoms in total. The van der Waals surface area contributed by atoms with Crippen molar-refractivity contribution in [1.82, 2.24) is 0 Å². The lowest BCUT2D eigenvalue weighted by molar-refractivity contribution is 0.297. The highest BCUT2D eigenvalue weighted by Crippen LogP contribution is 2.35. The molecule has 2 rings (SSSR count). The third-order valence-corrected chi connectivity index (χ3v) is 4.02. The second-order valence-electron chi connectivity index (χ2n) is 4.67. The van der Waals surface area contributed by atoms with E-state index in [4.69, 9.17) is 27.0 Å². The summed E-state index contributed by atoms with van der Waals surface area (Å²) in [5, 5.41) is 0.436. The van der Waals surface area contributed by atoms with Gasteiger partial charge in [0.2, 0.25) is 9.05 Å².